The first kappa shape index (κ1) is 13.2. The van der Waals surface area contributed by atoms with Gasteiger partial charge in [0.25, 0.3) is 0 Å². The molecule has 4 heteroatoms. The Kier molecular flexibility index (Phi) is 3.98. The Balaban J connectivity index is 2.36. The lowest BCUT2D eigenvalue weighted by Crippen LogP contribution is -2.42. The van der Waals surface area contributed by atoms with E-state index in [0.29, 0.717) is 6.61 Å². The Labute approximate surface area is 93.9 Å². The summed E-state index contributed by atoms with van der Waals surface area (Å²) in [5, 5.41) is 9.46. The summed E-state index contributed by atoms with van der Waals surface area (Å²) in [5.74, 6) is 0. The molecule has 1 fully saturated rings. The molecule has 0 saturated carbocycles. The van der Waals surface area contributed by atoms with Gasteiger partial charge in [-0.05, 0) is 24.6 Å². The Bertz CT molecular complexity index is 210. The van der Waals surface area contributed by atoms with Crippen molar-refractivity contribution in [2.45, 2.75) is 64.1 Å². The molecule has 1 saturated heterocycles. The molecule has 1 aliphatic rings. The van der Waals surface area contributed by atoms with Crippen molar-refractivity contribution in [3.63, 3.8) is 0 Å². The summed E-state index contributed by atoms with van der Waals surface area (Å²) in [5.41, 5.74) is 0. The van der Waals surface area contributed by atoms with Crippen LogP contribution in [0.25, 0.3) is 0 Å². The zero-order chi connectivity index (χ0) is 11.7. The second kappa shape index (κ2) is 4.53. The monoisotopic (exact) mass is 232 g/mol. The fourth-order valence-corrected chi connectivity index (χ4v) is 2.36. The van der Waals surface area contributed by atoms with Gasteiger partial charge in [0, 0.05) is 6.42 Å². The molecule has 1 aliphatic heterocycles. The van der Waals surface area contributed by atoms with Gasteiger partial charge in [0.2, 0.25) is 0 Å². The summed E-state index contributed by atoms with van der Waals surface area (Å²) < 4.78 is 11.4. The van der Waals surface area contributed by atoms with Gasteiger partial charge < -0.3 is 14.3 Å². The zero-order valence-corrected chi connectivity index (χ0v) is 11.5. The Hall–Kier alpha value is 0.0969. The molecule has 0 aromatic carbocycles. The fourth-order valence-electron chi connectivity index (χ4n) is 1.33. The third-order valence-corrected chi connectivity index (χ3v) is 8.02. The summed E-state index contributed by atoms with van der Waals surface area (Å²) in [6, 6.07) is 0. The second-order valence-electron chi connectivity index (χ2n) is 5.86. The van der Waals surface area contributed by atoms with E-state index in [-0.39, 0.29) is 11.1 Å². The van der Waals surface area contributed by atoms with E-state index in [1.165, 1.54) is 0 Å². The van der Waals surface area contributed by atoms with Crippen molar-refractivity contribution in [2.24, 2.45) is 0 Å². The zero-order valence-electron chi connectivity index (χ0n) is 10.5. The standard InChI is InChI=1S/C11H24O3Si/c1-11(2,3)15(4,5)13-8-9-6-7-10(12)14-9/h9-10,12H,6-8H2,1-5H3/t9-,10+/m0/s1. The van der Waals surface area contributed by atoms with Crippen molar-refractivity contribution in [1.82, 2.24) is 0 Å². The van der Waals surface area contributed by atoms with Crippen LogP contribution in [-0.2, 0) is 9.16 Å². The Morgan fingerprint density at radius 3 is 2.33 bits per heavy atom. The molecule has 1 rings (SSSR count). The molecule has 0 unspecified atom stereocenters. The van der Waals surface area contributed by atoms with Crippen LogP contribution < -0.4 is 0 Å². The normalized spacial score (nSPS) is 28.4. The van der Waals surface area contributed by atoms with E-state index in [9.17, 15) is 5.11 Å². The van der Waals surface area contributed by atoms with Gasteiger partial charge in [0.1, 0.15) is 0 Å². The molecular weight excluding hydrogens is 208 g/mol. The highest BCUT2D eigenvalue weighted by Crippen LogP contribution is 2.37. The molecule has 0 aromatic heterocycles. The molecule has 90 valence electrons. The molecule has 0 bridgehead atoms. The Morgan fingerprint density at radius 2 is 1.93 bits per heavy atom. The van der Waals surface area contributed by atoms with Crippen LogP contribution >= 0.6 is 0 Å². The number of hydrogen-bond donors (Lipinski definition) is 1. The van der Waals surface area contributed by atoms with E-state index < -0.39 is 14.6 Å². The fraction of sp³-hybridized carbons (Fsp3) is 1.00. The molecule has 2 atom stereocenters. The van der Waals surface area contributed by atoms with E-state index in [2.05, 4.69) is 33.9 Å². The van der Waals surface area contributed by atoms with Crippen molar-refractivity contribution < 1.29 is 14.3 Å². The van der Waals surface area contributed by atoms with E-state index in [1.54, 1.807) is 0 Å². The lowest BCUT2D eigenvalue weighted by Gasteiger charge is -2.36. The van der Waals surface area contributed by atoms with Gasteiger partial charge in [-0.1, -0.05) is 20.8 Å². The van der Waals surface area contributed by atoms with Crippen LogP contribution in [0.1, 0.15) is 33.6 Å². The SMILES string of the molecule is CC(C)(C)[Si](C)(C)OC[C@@H]1CC[C@H](O)O1. The third-order valence-electron chi connectivity index (χ3n) is 3.52. The first-order valence-corrected chi connectivity index (χ1v) is 8.61. The van der Waals surface area contributed by atoms with Gasteiger partial charge in [-0.2, -0.15) is 0 Å². The minimum absolute atomic E-state index is 0.0918. The smallest absolute Gasteiger partial charge is 0.192 e. The van der Waals surface area contributed by atoms with Crippen LogP contribution in [0, 0.1) is 0 Å². The largest absolute Gasteiger partial charge is 0.414 e. The van der Waals surface area contributed by atoms with Crippen molar-refractivity contribution in [1.29, 1.82) is 0 Å². The van der Waals surface area contributed by atoms with Crippen LogP contribution in [-0.4, -0.2) is 32.4 Å². The number of rotatable bonds is 3. The molecule has 0 aliphatic carbocycles. The number of hydrogen-bond acceptors (Lipinski definition) is 3. The van der Waals surface area contributed by atoms with Crippen LogP contribution in [0.2, 0.25) is 18.1 Å². The highest BCUT2D eigenvalue weighted by Gasteiger charge is 2.38. The second-order valence-corrected chi connectivity index (χ2v) is 10.7. The summed E-state index contributed by atoms with van der Waals surface area (Å²) >= 11 is 0. The molecule has 15 heavy (non-hydrogen) atoms. The van der Waals surface area contributed by atoms with E-state index >= 15 is 0 Å². The number of ether oxygens (including phenoxy) is 1. The predicted octanol–water partition coefficient (Wildman–Crippen LogP) is 2.51. The summed E-state index contributed by atoms with van der Waals surface area (Å²) in [7, 11) is -1.66. The minimum atomic E-state index is -1.66. The van der Waals surface area contributed by atoms with Crippen LogP contribution in [0.5, 0.6) is 0 Å². The maximum Gasteiger partial charge on any atom is 0.192 e. The average Bonchev–Trinajstić information content (AvgIpc) is 2.46. The molecule has 1 N–H and O–H groups in total. The van der Waals surface area contributed by atoms with Gasteiger partial charge in [0.15, 0.2) is 14.6 Å². The quantitative estimate of drug-likeness (QED) is 0.760. The van der Waals surface area contributed by atoms with Gasteiger partial charge in [-0.15, -0.1) is 0 Å². The predicted molar refractivity (Wildman–Crippen MR) is 63.3 cm³/mol. The van der Waals surface area contributed by atoms with E-state index in [0.717, 1.165) is 12.8 Å². The van der Waals surface area contributed by atoms with E-state index in [1.807, 2.05) is 0 Å². The summed E-state index contributed by atoms with van der Waals surface area (Å²) in [6.07, 6.45) is 1.17. The minimum Gasteiger partial charge on any atom is -0.414 e. The maximum atomic E-state index is 9.22. The first-order chi connectivity index (χ1) is 6.72. The van der Waals surface area contributed by atoms with Gasteiger partial charge in [0.05, 0.1) is 12.7 Å². The van der Waals surface area contributed by atoms with Crippen LogP contribution in [0.15, 0.2) is 0 Å². The molecule has 0 radical (unpaired) electrons. The molecule has 3 nitrogen and oxygen atoms in total. The lowest BCUT2D eigenvalue weighted by molar-refractivity contribution is -0.0995. The lowest BCUT2D eigenvalue weighted by atomic mass is 10.2. The number of aliphatic hydroxyl groups is 1. The highest BCUT2D eigenvalue weighted by atomic mass is 28.4. The molecule has 1 heterocycles. The topological polar surface area (TPSA) is 38.7 Å². The third kappa shape index (κ3) is 3.55. The Morgan fingerprint density at radius 1 is 1.33 bits per heavy atom. The maximum absolute atomic E-state index is 9.22. The first-order valence-electron chi connectivity index (χ1n) is 5.70. The molecule has 0 spiro atoms. The number of aliphatic hydroxyl groups excluding tert-OH is 1. The molecule has 0 aromatic rings. The summed E-state index contributed by atoms with van der Waals surface area (Å²) in [4.78, 5) is 0. The van der Waals surface area contributed by atoms with Crippen molar-refractivity contribution >= 4 is 8.32 Å². The highest BCUT2D eigenvalue weighted by molar-refractivity contribution is 6.74. The van der Waals surface area contributed by atoms with Crippen LogP contribution in [0.4, 0.5) is 0 Å². The van der Waals surface area contributed by atoms with Crippen molar-refractivity contribution in [2.75, 3.05) is 6.61 Å². The van der Waals surface area contributed by atoms with Crippen LogP contribution in [0.3, 0.4) is 0 Å². The van der Waals surface area contributed by atoms with Crippen molar-refractivity contribution in [3.8, 4) is 0 Å². The van der Waals surface area contributed by atoms with Gasteiger partial charge >= 0.3 is 0 Å². The average molecular weight is 232 g/mol. The van der Waals surface area contributed by atoms with Gasteiger partial charge in [-0.25, -0.2) is 0 Å². The van der Waals surface area contributed by atoms with Gasteiger partial charge in [-0.3, -0.25) is 0 Å². The van der Waals surface area contributed by atoms with E-state index in [4.69, 9.17) is 9.16 Å². The molecular formula is C11H24O3Si. The van der Waals surface area contributed by atoms with Crippen molar-refractivity contribution in [3.05, 3.63) is 0 Å². The molecule has 0 amide bonds. The summed E-state index contributed by atoms with van der Waals surface area (Å²) in [6.45, 7) is 11.8.